The topological polar surface area (TPSA) is 106 Å². The summed E-state index contributed by atoms with van der Waals surface area (Å²) in [5.41, 5.74) is -0.865. The van der Waals surface area contributed by atoms with Crippen LogP contribution in [0.2, 0.25) is 0 Å². The van der Waals surface area contributed by atoms with Crippen LogP contribution in [0.3, 0.4) is 0 Å². The van der Waals surface area contributed by atoms with Crippen molar-refractivity contribution in [1.29, 1.82) is 0 Å². The fourth-order valence-corrected chi connectivity index (χ4v) is 3.36. The minimum Gasteiger partial charge on any atom is -0.475 e. The average molecular weight is 505 g/mol. The highest BCUT2D eigenvalue weighted by atomic mass is 19.4. The third-order valence-electron chi connectivity index (χ3n) is 5.07. The molecule has 192 valence electrons. The molecule has 3 aromatic rings. The summed E-state index contributed by atoms with van der Waals surface area (Å²) < 4.78 is 52.0. The van der Waals surface area contributed by atoms with Gasteiger partial charge in [-0.3, -0.25) is 9.59 Å². The van der Waals surface area contributed by atoms with Crippen LogP contribution in [0.15, 0.2) is 47.4 Å². The Morgan fingerprint density at radius 2 is 1.92 bits per heavy atom. The molecule has 1 amide bonds. The fraction of sp³-hybridized carbons (Fsp3) is 0.360. The Morgan fingerprint density at radius 3 is 2.58 bits per heavy atom. The van der Waals surface area contributed by atoms with Crippen molar-refractivity contribution in [2.75, 3.05) is 19.8 Å². The van der Waals surface area contributed by atoms with Crippen molar-refractivity contribution in [2.45, 2.75) is 39.4 Å². The van der Waals surface area contributed by atoms with E-state index in [-0.39, 0.29) is 29.5 Å². The molecule has 2 aromatic heterocycles. The number of rotatable bonds is 11. The Balaban J connectivity index is 1.93. The van der Waals surface area contributed by atoms with E-state index in [1.54, 1.807) is 12.1 Å². The molecule has 0 radical (unpaired) electrons. The van der Waals surface area contributed by atoms with Gasteiger partial charge in [-0.1, -0.05) is 13.0 Å². The lowest BCUT2D eigenvalue weighted by atomic mass is 10.0. The standard InChI is InChI=1S/C25H27F3N4O4/c1-3-5-21(33)29-14-16-6-8-19(25(26,27)28)18(12-16)24-31-20(13-22(34)32-24)17-7-9-23(30-15-17)36-11-10-35-4-2/h6-9,12-13,15H,3-5,10-11,14H2,1-2H3,(H,29,33)(H,31,32,34). The summed E-state index contributed by atoms with van der Waals surface area (Å²) in [4.78, 5) is 35.0. The van der Waals surface area contributed by atoms with Crippen LogP contribution in [0, 0.1) is 0 Å². The highest BCUT2D eigenvalue weighted by molar-refractivity contribution is 5.76. The molecule has 2 N–H and O–H groups in total. The van der Waals surface area contributed by atoms with Gasteiger partial charge < -0.3 is 19.8 Å². The van der Waals surface area contributed by atoms with Crippen LogP contribution in [0.25, 0.3) is 22.6 Å². The van der Waals surface area contributed by atoms with Gasteiger partial charge in [-0.05, 0) is 37.1 Å². The fourth-order valence-electron chi connectivity index (χ4n) is 3.36. The van der Waals surface area contributed by atoms with Crippen molar-refractivity contribution in [3.05, 3.63) is 64.1 Å². The van der Waals surface area contributed by atoms with Gasteiger partial charge in [-0.15, -0.1) is 0 Å². The zero-order valence-corrected chi connectivity index (χ0v) is 19.9. The Kier molecular flexibility index (Phi) is 9.18. The Labute approximate surface area is 205 Å². The summed E-state index contributed by atoms with van der Waals surface area (Å²) in [6.07, 6.45) is -2.30. The Morgan fingerprint density at radius 1 is 1.11 bits per heavy atom. The number of hydrogen-bond donors (Lipinski definition) is 2. The number of nitrogens with one attached hydrogen (secondary N) is 2. The largest absolute Gasteiger partial charge is 0.475 e. The molecular weight excluding hydrogens is 477 g/mol. The van der Waals surface area contributed by atoms with Gasteiger partial charge in [0.2, 0.25) is 11.8 Å². The highest BCUT2D eigenvalue weighted by Gasteiger charge is 2.34. The minimum absolute atomic E-state index is 0.0442. The number of carbonyl (C=O) groups is 1. The van der Waals surface area contributed by atoms with Crippen molar-refractivity contribution >= 4 is 5.91 Å². The maximum atomic E-state index is 13.8. The molecule has 0 bridgehead atoms. The monoisotopic (exact) mass is 504 g/mol. The molecule has 11 heteroatoms. The summed E-state index contributed by atoms with van der Waals surface area (Å²) in [6, 6.07) is 7.83. The molecule has 0 aliphatic carbocycles. The van der Waals surface area contributed by atoms with E-state index in [0.717, 1.165) is 6.07 Å². The molecule has 0 fully saturated rings. The average Bonchev–Trinajstić information content (AvgIpc) is 2.85. The summed E-state index contributed by atoms with van der Waals surface area (Å²) in [5, 5.41) is 2.67. The molecule has 8 nitrogen and oxygen atoms in total. The lowest BCUT2D eigenvalue weighted by Crippen LogP contribution is -2.22. The van der Waals surface area contributed by atoms with E-state index < -0.39 is 17.3 Å². The molecule has 0 aliphatic rings. The number of aromatic amines is 1. The summed E-state index contributed by atoms with van der Waals surface area (Å²) in [7, 11) is 0. The van der Waals surface area contributed by atoms with Crippen LogP contribution in [-0.4, -0.2) is 40.7 Å². The van der Waals surface area contributed by atoms with Crippen molar-refractivity contribution in [1.82, 2.24) is 20.3 Å². The van der Waals surface area contributed by atoms with E-state index in [9.17, 15) is 22.8 Å². The second-order valence-electron chi connectivity index (χ2n) is 7.81. The van der Waals surface area contributed by atoms with E-state index in [2.05, 4.69) is 20.3 Å². The van der Waals surface area contributed by atoms with Crippen LogP contribution in [0.4, 0.5) is 13.2 Å². The van der Waals surface area contributed by atoms with E-state index >= 15 is 0 Å². The predicted molar refractivity (Wildman–Crippen MR) is 127 cm³/mol. The number of halogens is 3. The van der Waals surface area contributed by atoms with Crippen molar-refractivity contribution in [2.24, 2.45) is 0 Å². The molecule has 0 aliphatic heterocycles. The molecule has 2 heterocycles. The SMILES string of the molecule is CCCC(=O)NCc1ccc(C(F)(F)F)c(-c2nc(-c3ccc(OCCOCC)nc3)cc(=O)[nH]2)c1. The predicted octanol–water partition coefficient (Wildman–Crippen LogP) is 4.35. The van der Waals surface area contributed by atoms with Crippen LogP contribution >= 0.6 is 0 Å². The third-order valence-corrected chi connectivity index (χ3v) is 5.07. The van der Waals surface area contributed by atoms with Gasteiger partial charge in [0.05, 0.1) is 17.9 Å². The van der Waals surface area contributed by atoms with E-state index in [1.165, 1.54) is 24.4 Å². The number of aromatic nitrogens is 3. The normalized spacial score (nSPS) is 11.4. The van der Waals surface area contributed by atoms with Crippen LogP contribution in [0.5, 0.6) is 5.88 Å². The van der Waals surface area contributed by atoms with Crippen molar-refractivity contribution in [3.63, 3.8) is 0 Å². The quantitative estimate of drug-likeness (QED) is 0.376. The Hall–Kier alpha value is -3.73. The molecule has 0 saturated heterocycles. The van der Waals surface area contributed by atoms with Gasteiger partial charge in [-0.2, -0.15) is 13.2 Å². The number of hydrogen-bond acceptors (Lipinski definition) is 6. The summed E-state index contributed by atoms with van der Waals surface area (Å²) in [6.45, 7) is 5.05. The zero-order valence-electron chi connectivity index (χ0n) is 19.9. The second kappa shape index (κ2) is 12.3. The number of nitrogens with zero attached hydrogens (tertiary/aromatic N) is 2. The smallest absolute Gasteiger partial charge is 0.417 e. The minimum atomic E-state index is -4.68. The highest BCUT2D eigenvalue weighted by Crippen LogP contribution is 2.36. The van der Waals surface area contributed by atoms with Crippen LogP contribution in [-0.2, 0) is 22.3 Å². The third kappa shape index (κ3) is 7.38. The number of pyridine rings is 1. The first kappa shape index (κ1) is 26.9. The van der Waals surface area contributed by atoms with Crippen LogP contribution in [0.1, 0.15) is 37.8 Å². The lowest BCUT2D eigenvalue weighted by Gasteiger charge is -2.15. The van der Waals surface area contributed by atoms with E-state index in [0.29, 0.717) is 49.7 Å². The number of ether oxygens (including phenoxy) is 2. The number of amides is 1. The van der Waals surface area contributed by atoms with Gasteiger partial charge in [0, 0.05) is 49.0 Å². The summed E-state index contributed by atoms with van der Waals surface area (Å²) >= 11 is 0. The summed E-state index contributed by atoms with van der Waals surface area (Å²) in [5.74, 6) is -0.116. The van der Waals surface area contributed by atoms with Crippen LogP contribution < -0.4 is 15.6 Å². The number of benzene rings is 1. The number of H-pyrrole nitrogens is 1. The van der Waals surface area contributed by atoms with E-state index in [4.69, 9.17) is 9.47 Å². The molecule has 1 aromatic carbocycles. The van der Waals surface area contributed by atoms with Gasteiger partial charge >= 0.3 is 6.18 Å². The lowest BCUT2D eigenvalue weighted by molar-refractivity contribution is -0.137. The molecule has 0 spiro atoms. The molecule has 3 rings (SSSR count). The maximum Gasteiger partial charge on any atom is 0.417 e. The molecule has 0 unspecified atom stereocenters. The first-order valence-corrected chi connectivity index (χ1v) is 11.5. The van der Waals surface area contributed by atoms with Gasteiger partial charge in [-0.25, -0.2) is 9.97 Å². The van der Waals surface area contributed by atoms with Gasteiger partial charge in [0.1, 0.15) is 12.4 Å². The first-order chi connectivity index (χ1) is 17.2. The van der Waals surface area contributed by atoms with Crippen molar-refractivity contribution < 1.29 is 27.4 Å². The zero-order chi connectivity index (χ0) is 26.1. The molecule has 0 saturated carbocycles. The van der Waals surface area contributed by atoms with E-state index in [1.807, 2.05) is 13.8 Å². The number of carbonyl (C=O) groups excluding carboxylic acids is 1. The van der Waals surface area contributed by atoms with Crippen molar-refractivity contribution in [3.8, 4) is 28.5 Å². The molecule has 36 heavy (non-hydrogen) atoms. The molecular formula is C25H27F3N4O4. The van der Waals surface area contributed by atoms with Gasteiger partial charge in [0.25, 0.3) is 5.56 Å². The molecule has 0 atom stereocenters. The Bertz CT molecular complexity index is 1230. The number of alkyl halides is 3. The maximum absolute atomic E-state index is 13.8. The first-order valence-electron chi connectivity index (χ1n) is 11.5. The van der Waals surface area contributed by atoms with Gasteiger partial charge in [0.15, 0.2) is 0 Å². The second-order valence-corrected chi connectivity index (χ2v) is 7.81.